The Hall–Kier alpha value is -2.01. The number of hydrogen-bond donors (Lipinski definition) is 1. The molecular weight excluding hydrogens is 280 g/mol. The van der Waals surface area contributed by atoms with Crippen molar-refractivity contribution in [3.05, 3.63) is 41.1 Å². The number of nitrogens with zero attached hydrogens (tertiary/aromatic N) is 1. The number of anilines is 1. The van der Waals surface area contributed by atoms with Crippen LogP contribution in [0.5, 0.6) is 5.75 Å². The van der Waals surface area contributed by atoms with Gasteiger partial charge in [0.15, 0.2) is 6.39 Å². The molecule has 1 aromatic heterocycles. The zero-order valence-corrected chi connectivity index (χ0v) is 12.0. The van der Waals surface area contributed by atoms with Crippen molar-refractivity contribution in [2.75, 3.05) is 12.4 Å². The number of ether oxygens (including phenoxy) is 1. The molecule has 20 heavy (non-hydrogen) atoms. The molecule has 2 aromatic rings. The molecule has 0 atom stereocenters. The van der Waals surface area contributed by atoms with Crippen molar-refractivity contribution in [3.63, 3.8) is 0 Å². The van der Waals surface area contributed by atoms with Gasteiger partial charge >= 0.3 is 0 Å². The maximum absolute atomic E-state index is 11.9. The first-order valence-corrected chi connectivity index (χ1v) is 6.49. The van der Waals surface area contributed by atoms with Gasteiger partial charge in [-0.2, -0.15) is 0 Å². The molecule has 1 N–H and O–H groups in total. The molecule has 0 saturated heterocycles. The Labute approximate surface area is 121 Å². The first kappa shape index (κ1) is 14.4. The zero-order valence-electron chi connectivity index (χ0n) is 11.3. The number of nitrogens with one attached hydrogen (secondary N) is 1. The minimum atomic E-state index is -0.118. The molecule has 0 aliphatic carbocycles. The van der Waals surface area contributed by atoms with Crippen LogP contribution in [0.3, 0.4) is 0 Å². The van der Waals surface area contributed by atoms with Crippen LogP contribution in [0.25, 0.3) is 0 Å². The van der Waals surface area contributed by atoms with Gasteiger partial charge in [0.2, 0.25) is 5.91 Å². The number of methoxy groups -OCH3 is 1. The fourth-order valence-corrected chi connectivity index (χ4v) is 1.90. The summed E-state index contributed by atoms with van der Waals surface area (Å²) in [6.07, 6.45) is 3.72. The number of benzene rings is 1. The molecule has 0 saturated carbocycles. The van der Waals surface area contributed by atoms with E-state index in [1.54, 1.807) is 12.1 Å². The molecule has 6 heteroatoms. The number of aryl methyl sites for hydroxylation is 2. The predicted molar refractivity (Wildman–Crippen MR) is 76.2 cm³/mol. The Morgan fingerprint density at radius 1 is 1.50 bits per heavy atom. The van der Waals surface area contributed by atoms with E-state index in [-0.39, 0.29) is 5.91 Å². The molecule has 5 nitrogen and oxygen atoms in total. The van der Waals surface area contributed by atoms with Crippen LogP contribution in [0, 0.1) is 6.92 Å². The standard InChI is InChI=1S/C14H15ClN2O3/c1-9-5-12(13(19-2)6-11(9)15)17-14(18)4-3-10-7-20-8-16-10/h5-8H,3-4H2,1-2H3,(H,17,18). The van der Waals surface area contributed by atoms with Gasteiger partial charge in [-0.15, -0.1) is 0 Å². The Morgan fingerprint density at radius 2 is 2.30 bits per heavy atom. The second kappa shape index (κ2) is 6.43. The SMILES string of the molecule is COc1cc(Cl)c(C)cc1NC(=O)CCc1cocn1. The fraction of sp³-hybridized carbons (Fsp3) is 0.286. The van der Waals surface area contributed by atoms with Crippen molar-refractivity contribution in [2.45, 2.75) is 19.8 Å². The summed E-state index contributed by atoms with van der Waals surface area (Å²) >= 11 is 6.02. The Morgan fingerprint density at radius 3 is 2.95 bits per heavy atom. The highest BCUT2D eigenvalue weighted by Gasteiger charge is 2.11. The Bertz CT molecular complexity index is 597. The lowest BCUT2D eigenvalue weighted by Gasteiger charge is -2.12. The van der Waals surface area contributed by atoms with Crippen LogP contribution in [-0.2, 0) is 11.2 Å². The van der Waals surface area contributed by atoms with Crippen LogP contribution in [0.2, 0.25) is 5.02 Å². The molecule has 2 rings (SSSR count). The van der Waals surface area contributed by atoms with E-state index in [0.29, 0.717) is 29.3 Å². The van der Waals surface area contributed by atoms with Gasteiger partial charge in [-0.05, 0) is 18.6 Å². The van der Waals surface area contributed by atoms with Crippen LogP contribution in [0.15, 0.2) is 29.2 Å². The number of aromatic nitrogens is 1. The molecule has 106 valence electrons. The van der Waals surface area contributed by atoms with Crippen LogP contribution < -0.4 is 10.1 Å². The van der Waals surface area contributed by atoms with Crippen molar-refractivity contribution in [1.82, 2.24) is 4.98 Å². The Balaban J connectivity index is 2.01. The van der Waals surface area contributed by atoms with Gasteiger partial charge in [0.25, 0.3) is 0 Å². The van der Waals surface area contributed by atoms with E-state index in [2.05, 4.69) is 10.3 Å². The number of hydrogen-bond acceptors (Lipinski definition) is 4. The summed E-state index contributed by atoms with van der Waals surface area (Å²) in [6, 6.07) is 3.47. The lowest BCUT2D eigenvalue weighted by atomic mass is 10.2. The summed E-state index contributed by atoms with van der Waals surface area (Å²) in [4.78, 5) is 15.9. The minimum absolute atomic E-state index is 0.118. The third-order valence-corrected chi connectivity index (χ3v) is 3.25. The van der Waals surface area contributed by atoms with Gasteiger partial charge in [-0.25, -0.2) is 4.98 Å². The summed E-state index contributed by atoms with van der Waals surface area (Å²) in [5.74, 6) is 0.420. The number of halogens is 1. The molecule has 0 bridgehead atoms. The maximum Gasteiger partial charge on any atom is 0.224 e. The molecule has 0 unspecified atom stereocenters. The second-order valence-electron chi connectivity index (χ2n) is 4.33. The minimum Gasteiger partial charge on any atom is -0.495 e. The largest absolute Gasteiger partial charge is 0.495 e. The van der Waals surface area contributed by atoms with E-state index in [9.17, 15) is 4.79 Å². The monoisotopic (exact) mass is 294 g/mol. The van der Waals surface area contributed by atoms with E-state index in [4.69, 9.17) is 20.8 Å². The zero-order chi connectivity index (χ0) is 14.5. The molecule has 0 fully saturated rings. The van der Waals surface area contributed by atoms with Gasteiger partial charge in [-0.3, -0.25) is 4.79 Å². The highest BCUT2D eigenvalue weighted by molar-refractivity contribution is 6.31. The van der Waals surface area contributed by atoms with Crippen LogP contribution in [0.4, 0.5) is 5.69 Å². The van der Waals surface area contributed by atoms with Gasteiger partial charge in [0.05, 0.1) is 18.5 Å². The van der Waals surface area contributed by atoms with Crippen LogP contribution >= 0.6 is 11.6 Å². The first-order chi connectivity index (χ1) is 9.60. The summed E-state index contributed by atoms with van der Waals surface area (Å²) in [6.45, 7) is 1.87. The van der Waals surface area contributed by atoms with E-state index in [1.165, 1.54) is 19.8 Å². The molecule has 1 heterocycles. The first-order valence-electron chi connectivity index (χ1n) is 6.11. The summed E-state index contributed by atoms with van der Waals surface area (Å²) in [5, 5.41) is 3.41. The lowest BCUT2D eigenvalue weighted by Crippen LogP contribution is -2.13. The smallest absolute Gasteiger partial charge is 0.224 e. The molecular formula is C14H15ClN2O3. The number of rotatable bonds is 5. The molecule has 1 amide bonds. The van der Waals surface area contributed by atoms with Gasteiger partial charge in [0, 0.05) is 23.9 Å². The lowest BCUT2D eigenvalue weighted by molar-refractivity contribution is -0.116. The van der Waals surface area contributed by atoms with Crippen molar-refractivity contribution in [1.29, 1.82) is 0 Å². The summed E-state index contributed by atoms with van der Waals surface area (Å²) < 4.78 is 10.1. The molecule has 0 radical (unpaired) electrons. The van der Waals surface area contributed by atoms with Crippen molar-refractivity contribution < 1.29 is 13.9 Å². The number of carbonyl (C=O) groups is 1. The average molecular weight is 295 g/mol. The predicted octanol–water partition coefficient (Wildman–Crippen LogP) is 3.22. The topological polar surface area (TPSA) is 64.4 Å². The second-order valence-corrected chi connectivity index (χ2v) is 4.74. The van der Waals surface area contributed by atoms with E-state index < -0.39 is 0 Å². The highest BCUT2D eigenvalue weighted by atomic mass is 35.5. The van der Waals surface area contributed by atoms with Crippen LogP contribution in [0.1, 0.15) is 17.7 Å². The summed E-state index contributed by atoms with van der Waals surface area (Å²) in [7, 11) is 1.53. The quantitative estimate of drug-likeness (QED) is 0.919. The molecule has 0 aliphatic rings. The van der Waals surface area contributed by atoms with Crippen molar-refractivity contribution >= 4 is 23.2 Å². The van der Waals surface area contributed by atoms with Gasteiger partial charge < -0.3 is 14.5 Å². The number of oxazole rings is 1. The Kier molecular flexibility index (Phi) is 4.63. The van der Waals surface area contributed by atoms with E-state index >= 15 is 0 Å². The van der Waals surface area contributed by atoms with E-state index in [1.807, 2.05) is 6.92 Å². The highest BCUT2D eigenvalue weighted by Crippen LogP contribution is 2.31. The normalized spacial score (nSPS) is 10.3. The summed E-state index contributed by atoms with van der Waals surface area (Å²) in [5.41, 5.74) is 2.23. The number of carbonyl (C=O) groups excluding carboxylic acids is 1. The molecule has 1 aromatic carbocycles. The van der Waals surface area contributed by atoms with Crippen molar-refractivity contribution in [3.8, 4) is 5.75 Å². The third-order valence-electron chi connectivity index (χ3n) is 2.85. The average Bonchev–Trinajstić information content (AvgIpc) is 2.93. The number of amides is 1. The van der Waals surface area contributed by atoms with Crippen LogP contribution in [-0.4, -0.2) is 18.0 Å². The third kappa shape index (κ3) is 3.51. The van der Waals surface area contributed by atoms with Crippen molar-refractivity contribution in [2.24, 2.45) is 0 Å². The maximum atomic E-state index is 11.9. The van der Waals surface area contributed by atoms with E-state index in [0.717, 1.165) is 11.3 Å². The fourth-order valence-electron chi connectivity index (χ4n) is 1.75. The molecule has 0 aliphatic heterocycles. The van der Waals surface area contributed by atoms with Gasteiger partial charge in [-0.1, -0.05) is 11.6 Å². The molecule has 0 spiro atoms. The van der Waals surface area contributed by atoms with Gasteiger partial charge in [0.1, 0.15) is 12.0 Å².